The molecule has 11 heteroatoms. The molecule has 10 nitrogen and oxygen atoms in total. The van der Waals surface area contributed by atoms with E-state index >= 15 is 0 Å². The van der Waals surface area contributed by atoms with Crippen LogP contribution in [-0.4, -0.2) is 69.6 Å². The van der Waals surface area contributed by atoms with E-state index in [1.807, 2.05) is 19.0 Å². The van der Waals surface area contributed by atoms with E-state index in [2.05, 4.69) is 10.3 Å². The standard InChI is InChI=1S/C25H25N3O7S/c1-26-23(34)18-15(29)8-11-6-10-7-12-14(28(2)3)9-13(24-27-4-5-36-24)19(30)17(12)20(31)16(10)21(32)25(11,35)22(18)33/h4-5,9-11,30-31,33,35H,6-8H2,1-3H3,(H,26,34)/t10-,11+,25+/m1/s1. The normalized spacial score (nSPS) is 25.3. The van der Waals surface area contributed by atoms with Gasteiger partial charge >= 0.3 is 0 Å². The van der Waals surface area contributed by atoms with Gasteiger partial charge in [0.05, 0.1) is 11.1 Å². The number of fused-ring (bicyclic) bond motifs is 3. The Morgan fingerprint density at radius 3 is 2.56 bits per heavy atom. The van der Waals surface area contributed by atoms with Gasteiger partial charge in [0, 0.05) is 56.3 Å². The molecule has 0 bridgehead atoms. The number of carbonyl (C=O) groups excluding carboxylic acids is 3. The molecule has 1 aromatic carbocycles. The zero-order valence-electron chi connectivity index (χ0n) is 19.8. The maximum Gasteiger partial charge on any atom is 0.258 e. The van der Waals surface area contributed by atoms with E-state index < -0.39 is 52.0 Å². The zero-order chi connectivity index (χ0) is 26.1. The summed E-state index contributed by atoms with van der Waals surface area (Å²) >= 11 is 1.30. The van der Waals surface area contributed by atoms with Gasteiger partial charge in [-0.15, -0.1) is 11.3 Å². The molecule has 0 radical (unpaired) electrons. The van der Waals surface area contributed by atoms with Gasteiger partial charge in [-0.1, -0.05) is 0 Å². The number of phenols is 1. The Labute approximate surface area is 210 Å². The summed E-state index contributed by atoms with van der Waals surface area (Å²) in [6.45, 7) is 0. The summed E-state index contributed by atoms with van der Waals surface area (Å²) in [6, 6.07) is 1.78. The first-order chi connectivity index (χ1) is 17.0. The number of hydrogen-bond acceptors (Lipinski definition) is 10. The highest BCUT2D eigenvalue weighted by Gasteiger charge is 2.60. The minimum atomic E-state index is -2.54. The molecule has 1 aromatic heterocycles. The Balaban J connectivity index is 1.74. The van der Waals surface area contributed by atoms with E-state index in [4.69, 9.17) is 0 Å². The number of likely N-dealkylation sites (N-methyl/N-ethyl adjacent to an activating group) is 1. The Bertz CT molecular complexity index is 1390. The molecule has 0 aliphatic heterocycles. The maximum absolute atomic E-state index is 13.7. The van der Waals surface area contributed by atoms with Crippen LogP contribution in [0.15, 0.2) is 34.5 Å². The van der Waals surface area contributed by atoms with Crippen LogP contribution in [0, 0.1) is 11.8 Å². The minimum absolute atomic E-state index is 0.0647. The lowest BCUT2D eigenvalue weighted by Gasteiger charge is -2.46. The van der Waals surface area contributed by atoms with Crippen LogP contribution in [0.3, 0.4) is 0 Å². The van der Waals surface area contributed by atoms with Crippen LogP contribution in [0.4, 0.5) is 5.69 Å². The number of thiazole rings is 1. The van der Waals surface area contributed by atoms with E-state index in [-0.39, 0.29) is 36.1 Å². The third-order valence-corrected chi connectivity index (χ3v) is 8.20. The molecule has 1 fully saturated rings. The molecule has 1 saturated carbocycles. The number of aliphatic hydroxyl groups is 3. The Morgan fingerprint density at radius 2 is 1.94 bits per heavy atom. The number of hydrogen-bond donors (Lipinski definition) is 5. The van der Waals surface area contributed by atoms with Gasteiger partial charge in [0.2, 0.25) is 5.78 Å². The third-order valence-electron chi connectivity index (χ3n) is 7.39. The highest BCUT2D eigenvalue weighted by Crippen LogP contribution is 2.54. The molecule has 0 saturated heterocycles. The predicted octanol–water partition coefficient (Wildman–Crippen LogP) is 1.87. The summed E-state index contributed by atoms with van der Waals surface area (Å²) < 4.78 is 0. The van der Waals surface area contributed by atoms with Crippen molar-refractivity contribution in [2.45, 2.75) is 24.9 Å². The van der Waals surface area contributed by atoms with Crippen molar-refractivity contribution >= 4 is 40.3 Å². The maximum atomic E-state index is 13.7. The molecule has 5 rings (SSSR count). The van der Waals surface area contributed by atoms with Crippen molar-refractivity contribution in [1.29, 1.82) is 0 Å². The van der Waals surface area contributed by atoms with E-state index in [0.717, 1.165) is 5.69 Å². The summed E-state index contributed by atoms with van der Waals surface area (Å²) in [4.78, 5) is 44.7. The number of nitrogens with zero attached hydrogens (tertiary/aromatic N) is 2. The van der Waals surface area contributed by atoms with Crippen LogP contribution in [0.1, 0.15) is 24.0 Å². The molecule has 3 aliphatic rings. The largest absolute Gasteiger partial charge is 0.508 e. The number of phenolic OH excluding ortho intramolecular Hbond substituents is 1. The van der Waals surface area contributed by atoms with E-state index in [0.29, 0.717) is 16.1 Å². The number of amides is 1. The summed E-state index contributed by atoms with van der Waals surface area (Å²) in [5.41, 5.74) is -1.56. The number of benzene rings is 1. The minimum Gasteiger partial charge on any atom is -0.508 e. The number of aromatic nitrogens is 1. The molecule has 188 valence electrons. The molecule has 0 spiro atoms. The number of carbonyl (C=O) groups is 3. The molecule has 0 unspecified atom stereocenters. The molecule has 36 heavy (non-hydrogen) atoms. The summed E-state index contributed by atoms with van der Waals surface area (Å²) in [7, 11) is 4.91. The molecular formula is C25H25N3O7S. The zero-order valence-corrected chi connectivity index (χ0v) is 20.6. The lowest BCUT2D eigenvalue weighted by atomic mass is 9.59. The first-order valence-electron chi connectivity index (χ1n) is 11.4. The van der Waals surface area contributed by atoms with Gasteiger partial charge in [-0.05, 0) is 30.4 Å². The lowest BCUT2D eigenvalue weighted by molar-refractivity contribution is -0.147. The van der Waals surface area contributed by atoms with Crippen LogP contribution in [0.5, 0.6) is 5.75 Å². The molecule has 1 heterocycles. The number of aromatic hydroxyl groups is 1. The van der Waals surface area contributed by atoms with Gasteiger partial charge in [-0.25, -0.2) is 4.98 Å². The number of ketones is 2. The van der Waals surface area contributed by atoms with Gasteiger partial charge in [-0.3, -0.25) is 14.4 Å². The molecule has 5 N–H and O–H groups in total. The van der Waals surface area contributed by atoms with Crippen molar-refractivity contribution in [1.82, 2.24) is 10.3 Å². The quantitative estimate of drug-likeness (QED) is 0.388. The Hall–Kier alpha value is -3.70. The number of Topliss-reactive ketones (excluding diaryl/α,β-unsaturated/α-hetero) is 2. The smallest absolute Gasteiger partial charge is 0.258 e. The first kappa shape index (κ1) is 24.0. The fourth-order valence-corrected chi connectivity index (χ4v) is 6.35. The molecular weight excluding hydrogens is 486 g/mol. The molecule has 3 aliphatic carbocycles. The van der Waals surface area contributed by atoms with Crippen molar-refractivity contribution in [3.63, 3.8) is 0 Å². The van der Waals surface area contributed by atoms with Crippen molar-refractivity contribution < 1.29 is 34.8 Å². The van der Waals surface area contributed by atoms with Crippen molar-refractivity contribution in [3.05, 3.63) is 45.7 Å². The van der Waals surface area contributed by atoms with Crippen LogP contribution >= 0.6 is 11.3 Å². The fourth-order valence-electron chi connectivity index (χ4n) is 5.69. The number of rotatable bonds is 3. The highest BCUT2D eigenvalue weighted by molar-refractivity contribution is 7.13. The van der Waals surface area contributed by atoms with Gasteiger partial charge in [-0.2, -0.15) is 0 Å². The Morgan fingerprint density at radius 1 is 1.22 bits per heavy atom. The summed E-state index contributed by atoms with van der Waals surface area (Å²) in [5.74, 6) is -5.85. The van der Waals surface area contributed by atoms with Crippen LogP contribution in [-0.2, 0) is 20.8 Å². The number of nitrogens with one attached hydrogen (secondary N) is 1. The lowest BCUT2D eigenvalue weighted by Crippen LogP contribution is -2.58. The Kier molecular flexibility index (Phi) is 5.45. The average Bonchev–Trinajstić information content (AvgIpc) is 3.36. The highest BCUT2D eigenvalue weighted by atomic mass is 32.1. The number of anilines is 1. The predicted molar refractivity (Wildman–Crippen MR) is 132 cm³/mol. The molecule has 1 amide bonds. The monoisotopic (exact) mass is 511 g/mol. The topological polar surface area (TPSA) is 160 Å². The van der Waals surface area contributed by atoms with Gasteiger partial charge in [0.1, 0.15) is 27.8 Å². The third kappa shape index (κ3) is 3.12. The number of aliphatic hydroxyl groups excluding tert-OH is 2. The van der Waals surface area contributed by atoms with E-state index in [9.17, 15) is 34.8 Å². The van der Waals surface area contributed by atoms with Crippen molar-refractivity contribution in [2.75, 3.05) is 26.0 Å². The van der Waals surface area contributed by atoms with Crippen molar-refractivity contribution in [2.24, 2.45) is 11.8 Å². The molecule has 2 aromatic rings. The second kappa shape index (κ2) is 8.17. The second-order valence-electron chi connectivity index (χ2n) is 9.50. The van der Waals surface area contributed by atoms with Gasteiger partial charge in [0.25, 0.3) is 5.91 Å². The molecule has 3 atom stereocenters. The van der Waals surface area contributed by atoms with Crippen LogP contribution in [0.2, 0.25) is 0 Å². The van der Waals surface area contributed by atoms with Crippen molar-refractivity contribution in [3.8, 4) is 16.3 Å². The average molecular weight is 512 g/mol. The first-order valence-corrected chi connectivity index (χ1v) is 12.3. The van der Waals surface area contributed by atoms with Gasteiger partial charge in [0.15, 0.2) is 11.4 Å². The second-order valence-corrected chi connectivity index (χ2v) is 10.4. The van der Waals surface area contributed by atoms with Gasteiger partial charge < -0.3 is 30.6 Å². The summed E-state index contributed by atoms with van der Waals surface area (Å²) in [6.07, 6.45) is 1.65. The summed E-state index contributed by atoms with van der Waals surface area (Å²) in [5, 5.41) is 49.4. The van der Waals surface area contributed by atoms with E-state index in [1.165, 1.54) is 18.4 Å². The van der Waals surface area contributed by atoms with E-state index in [1.54, 1.807) is 17.6 Å². The SMILES string of the molecule is CNC(=O)C1=C(O)[C@@]2(O)C(=O)C3=C(O)c4c(O)c(-c5nccs5)cc(N(C)C)c4C[C@H]3C[C@H]2CC1=O. The van der Waals surface area contributed by atoms with Crippen LogP contribution in [0.25, 0.3) is 16.3 Å². The van der Waals surface area contributed by atoms with Crippen LogP contribution < -0.4 is 10.2 Å². The fraction of sp³-hybridized carbons (Fsp3) is 0.360.